The van der Waals surface area contributed by atoms with Gasteiger partial charge >= 0.3 is 0 Å². The van der Waals surface area contributed by atoms with Gasteiger partial charge in [-0.2, -0.15) is 0 Å². The summed E-state index contributed by atoms with van der Waals surface area (Å²) in [6, 6.07) is 5.70. The molecule has 1 heterocycles. The van der Waals surface area contributed by atoms with Gasteiger partial charge in [0, 0.05) is 44.4 Å². The topological polar surface area (TPSA) is 58.8 Å². The highest BCUT2D eigenvalue weighted by Gasteiger charge is 2.22. The Morgan fingerprint density at radius 3 is 2.60 bits per heavy atom. The number of hydrogen-bond acceptors (Lipinski definition) is 4. The lowest BCUT2D eigenvalue weighted by molar-refractivity contribution is -0.131. The Bertz CT molecular complexity index is 468. The SMILES string of the molecule is CCCC(=O)N1CCN(c2ccc(N)cc2OC)CC1. The van der Waals surface area contributed by atoms with Crippen LogP contribution in [-0.2, 0) is 4.79 Å². The first-order valence-corrected chi connectivity index (χ1v) is 7.12. The van der Waals surface area contributed by atoms with Crippen molar-refractivity contribution in [3.63, 3.8) is 0 Å². The molecule has 0 bridgehead atoms. The van der Waals surface area contributed by atoms with E-state index in [4.69, 9.17) is 10.5 Å². The van der Waals surface area contributed by atoms with Crippen molar-refractivity contribution in [3.8, 4) is 5.75 Å². The van der Waals surface area contributed by atoms with E-state index in [2.05, 4.69) is 4.90 Å². The van der Waals surface area contributed by atoms with Crippen molar-refractivity contribution in [3.05, 3.63) is 18.2 Å². The Kier molecular flexibility index (Phi) is 4.71. The number of nitrogens with two attached hydrogens (primary N) is 1. The van der Waals surface area contributed by atoms with Crippen molar-refractivity contribution < 1.29 is 9.53 Å². The molecule has 5 nitrogen and oxygen atoms in total. The number of benzene rings is 1. The molecule has 1 aromatic carbocycles. The van der Waals surface area contributed by atoms with E-state index in [-0.39, 0.29) is 5.91 Å². The Morgan fingerprint density at radius 2 is 2.00 bits per heavy atom. The van der Waals surface area contributed by atoms with Crippen LogP contribution >= 0.6 is 0 Å². The van der Waals surface area contributed by atoms with Gasteiger partial charge in [-0.1, -0.05) is 6.92 Å². The van der Waals surface area contributed by atoms with Gasteiger partial charge < -0.3 is 20.3 Å². The molecule has 2 rings (SSSR count). The Labute approximate surface area is 120 Å². The number of piperazine rings is 1. The number of carbonyl (C=O) groups is 1. The summed E-state index contributed by atoms with van der Waals surface area (Å²) < 4.78 is 5.39. The number of methoxy groups -OCH3 is 1. The van der Waals surface area contributed by atoms with Crippen LogP contribution in [0.1, 0.15) is 19.8 Å². The molecule has 0 radical (unpaired) electrons. The van der Waals surface area contributed by atoms with Crippen molar-refractivity contribution in [2.24, 2.45) is 0 Å². The zero-order valence-corrected chi connectivity index (χ0v) is 12.3. The lowest BCUT2D eigenvalue weighted by Crippen LogP contribution is -2.48. The summed E-state index contributed by atoms with van der Waals surface area (Å²) >= 11 is 0. The third-order valence-corrected chi connectivity index (χ3v) is 3.64. The molecule has 1 aliphatic heterocycles. The molecule has 1 aromatic rings. The van der Waals surface area contributed by atoms with Crippen molar-refractivity contribution in [2.75, 3.05) is 43.9 Å². The van der Waals surface area contributed by atoms with Crippen molar-refractivity contribution >= 4 is 17.3 Å². The average molecular weight is 277 g/mol. The molecule has 0 saturated carbocycles. The van der Waals surface area contributed by atoms with Crippen LogP contribution in [0.5, 0.6) is 5.75 Å². The predicted molar refractivity (Wildman–Crippen MR) is 81.1 cm³/mol. The van der Waals surface area contributed by atoms with E-state index in [1.807, 2.05) is 30.0 Å². The third-order valence-electron chi connectivity index (χ3n) is 3.64. The smallest absolute Gasteiger partial charge is 0.222 e. The van der Waals surface area contributed by atoms with Crippen LogP contribution in [0.3, 0.4) is 0 Å². The zero-order valence-electron chi connectivity index (χ0n) is 12.3. The van der Waals surface area contributed by atoms with Gasteiger partial charge in [-0.25, -0.2) is 0 Å². The second-order valence-corrected chi connectivity index (χ2v) is 5.05. The maximum absolute atomic E-state index is 11.9. The van der Waals surface area contributed by atoms with Crippen LogP contribution in [0, 0.1) is 0 Å². The van der Waals surface area contributed by atoms with Gasteiger partial charge in [-0.15, -0.1) is 0 Å². The molecule has 0 spiro atoms. The standard InChI is InChI=1S/C15H23N3O2/c1-3-4-15(19)18-9-7-17(8-10-18)13-6-5-12(16)11-14(13)20-2/h5-6,11H,3-4,7-10,16H2,1-2H3. The number of amides is 1. The Hall–Kier alpha value is -1.91. The molecule has 0 atom stereocenters. The second kappa shape index (κ2) is 6.50. The molecule has 1 saturated heterocycles. The van der Waals surface area contributed by atoms with E-state index < -0.39 is 0 Å². The van der Waals surface area contributed by atoms with Crippen LogP contribution in [0.4, 0.5) is 11.4 Å². The Balaban J connectivity index is 2.02. The van der Waals surface area contributed by atoms with Gasteiger partial charge in [0.2, 0.25) is 5.91 Å². The summed E-state index contributed by atoms with van der Waals surface area (Å²) in [5.41, 5.74) is 7.52. The molecular weight excluding hydrogens is 254 g/mol. The average Bonchev–Trinajstić information content (AvgIpc) is 2.47. The summed E-state index contributed by atoms with van der Waals surface area (Å²) in [5, 5.41) is 0. The minimum Gasteiger partial charge on any atom is -0.495 e. The normalized spacial score (nSPS) is 15.3. The number of nitrogen functional groups attached to an aromatic ring is 1. The highest BCUT2D eigenvalue weighted by atomic mass is 16.5. The molecule has 0 unspecified atom stereocenters. The minimum atomic E-state index is 0.261. The first-order chi connectivity index (χ1) is 9.65. The van der Waals surface area contributed by atoms with Gasteiger partial charge in [0.25, 0.3) is 0 Å². The lowest BCUT2D eigenvalue weighted by atomic mass is 10.2. The van der Waals surface area contributed by atoms with E-state index in [0.717, 1.165) is 44.0 Å². The summed E-state index contributed by atoms with van der Waals surface area (Å²) in [4.78, 5) is 16.1. The maximum atomic E-state index is 11.9. The molecule has 1 fully saturated rings. The molecule has 20 heavy (non-hydrogen) atoms. The molecule has 1 amide bonds. The summed E-state index contributed by atoms with van der Waals surface area (Å²) in [5.74, 6) is 1.05. The highest BCUT2D eigenvalue weighted by molar-refractivity contribution is 5.76. The first kappa shape index (κ1) is 14.5. The van der Waals surface area contributed by atoms with E-state index in [1.54, 1.807) is 7.11 Å². The molecule has 0 aromatic heterocycles. The fourth-order valence-electron chi connectivity index (χ4n) is 2.52. The summed E-state index contributed by atoms with van der Waals surface area (Å²) in [6.45, 7) is 5.23. The second-order valence-electron chi connectivity index (χ2n) is 5.05. The van der Waals surface area contributed by atoms with Gasteiger partial charge in [0.15, 0.2) is 0 Å². The van der Waals surface area contributed by atoms with Gasteiger partial charge in [-0.3, -0.25) is 4.79 Å². The number of carbonyl (C=O) groups excluding carboxylic acids is 1. The van der Waals surface area contributed by atoms with Crippen molar-refractivity contribution in [1.29, 1.82) is 0 Å². The molecule has 2 N–H and O–H groups in total. The van der Waals surface area contributed by atoms with Crippen LogP contribution in [-0.4, -0.2) is 44.1 Å². The Morgan fingerprint density at radius 1 is 1.30 bits per heavy atom. The fraction of sp³-hybridized carbons (Fsp3) is 0.533. The third kappa shape index (κ3) is 3.15. The number of nitrogens with zero attached hydrogens (tertiary/aromatic N) is 2. The van der Waals surface area contributed by atoms with E-state index in [0.29, 0.717) is 12.1 Å². The van der Waals surface area contributed by atoms with Gasteiger partial charge in [-0.05, 0) is 18.6 Å². The largest absolute Gasteiger partial charge is 0.495 e. The van der Waals surface area contributed by atoms with Gasteiger partial charge in [0.1, 0.15) is 5.75 Å². The predicted octanol–water partition coefficient (Wildman–Crippen LogP) is 1.73. The molecule has 5 heteroatoms. The molecule has 0 aliphatic carbocycles. The van der Waals surface area contributed by atoms with Crippen LogP contribution in [0.15, 0.2) is 18.2 Å². The lowest BCUT2D eigenvalue weighted by Gasteiger charge is -2.36. The minimum absolute atomic E-state index is 0.261. The zero-order chi connectivity index (χ0) is 14.5. The molecule has 1 aliphatic rings. The van der Waals surface area contributed by atoms with E-state index in [1.165, 1.54) is 0 Å². The van der Waals surface area contributed by atoms with E-state index in [9.17, 15) is 4.79 Å². The van der Waals surface area contributed by atoms with Crippen LogP contribution in [0.25, 0.3) is 0 Å². The number of ether oxygens (including phenoxy) is 1. The molecular formula is C15H23N3O2. The first-order valence-electron chi connectivity index (χ1n) is 7.12. The van der Waals surface area contributed by atoms with Crippen LogP contribution < -0.4 is 15.4 Å². The maximum Gasteiger partial charge on any atom is 0.222 e. The van der Waals surface area contributed by atoms with Crippen molar-refractivity contribution in [1.82, 2.24) is 4.90 Å². The fourth-order valence-corrected chi connectivity index (χ4v) is 2.52. The summed E-state index contributed by atoms with van der Waals surface area (Å²) in [6.07, 6.45) is 1.55. The number of rotatable bonds is 4. The van der Waals surface area contributed by atoms with Crippen molar-refractivity contribution in [2.45, 2.75) is 19.8 Å². The van der Waals surface area contributed by atoms with Crippen LogP contribution in [0.2, 0.25) is 0 Å². The summed E-state index contributed by atoms with van der Waals surface area (Å²) in [7, 11) is 1.65. The van der Waals surface area contributed by atoms with Gasteiger partial charge in [0.05, 0.1) is 12.8 Å². The monoisotopic (exact) mass is 277 g/mol. The highest BCUT2D eigenvalue weighted by Crippen LogP contribution is 2.30. The number of hydrogen-bond donors (Lipinski definition) is 1. The van der Waals surface area contributed by atoms with E-state index >= 15 is 0 Å². The molecule has 110 valence electrons. The number of anilines is 2. The quantitative estimate of drug-likeness (QED) is 0.851.